The third-order valence-electron chi connectivity index (χ3n) is 5.22. The number of aromatic nitrogens is 3. The Hall–Kier alpha value is -2.51. The first-order valence-corrected chi connectivity index (χ1v) is 13.3. The van der Waals surface area contributed by atoms with Gasteiger partial charge in [-0.1, -0.05) is 42.4 Å². The molecule has 4 nitrogen and oxygen atoms in total. The van der Waals surface area contributed by atoms with Crippen molar-refractivity contribution in [2.45, 2.75) is 48.4 Å². The zero-order chi connectivity index (χ0) is 22.9. The van der Waals surface area contributed by atoms with Crippen LogP contribution < -0.4 is 4.74 Å². The molecule has 0 bridgehead atoms. The highest BCUT2D eigenvalue weighted by Gasteiger charge is 2.13. The number of fused-ring (bicyclic) bond motifs is 1. The zero-order valence-corrected chi connectivity index (χ0v) is 20.4. The third kappa shape index (κ3) is 6.74. The molecule has 172 valence electrons. The largest absolute Gasteiger partial charge is 0.491 e. The van der Waals surface area contributed by atoms with Crippen LogP contribution in [0.25, 0.3) is 11.0 Å². The number of hydrogen-bond donors (Lipinski definition) is 1. The molecule has 2 aromatic heterocycles. The van der Waals surface area contributed by atoms with E-state index in [0.717, 1.165) is 64.0 Å². The Morgan fingerprint density at radius 2 is 1.82 bits per heavy atom. The van der Waals surface area contributed by atoms with E-state index in [1.807, 2.05) is 67.3 Å². The van der Waals surface area contributed by atoms with Gasteiger partial charge in [-0.3, -0.25) is 4.98 Å². The molecule has 4 aromatic rings. The zero-order valence-electron chi connectivity index (χ0n) is 18.7. The van der Waals surface area contributed by atoms with Crippen LogP contribution in [0.5, 0.6) is 5.75 Å². The van der Waals surface area contributed by atoms with E-state index in [2.05, 4.69) is 15.0 Å². The monoisotopic (exact) mass is 481 g/mol. The topological polar surface area (TPSA) is 50.8 Å². The van der Waals surface area contributed by atoms with E-state index in [0.29, 0.717) is 12.4 Å². The van der Waals surface area contributed by atoms with Crippen molar-refractivity contribution in [3.63, 3.8) is 0 Å². The average Bonchev–Trinajstić information content (AvgIpc) is 3.25. The highest BCUT2D eigenvalue weighted by molar-refractivity contribution is 7.99. The number of ether oxygens (including phenoxy) is 1. The van der Waals surface area contributed by atoms with E-state index < -0.39 is 0 Å². The molecule has 0 aliphatic carbocycles. The lowest BCUT2D eigenvalue weighted by atomic mass is 10.1. The summed E-state index contributed by atoms with van der Waals surface area (Å²) in [5, 5.41) is 0.889. The molecule has 0 spiro atoms. The minimum absolute atomic E-state index is 0.173. The smallest absolute Gasteiger partial charge is 0.166 e. The van der Waals surface area contributed by atoms with Gasteiger partial charge in [-0.05, 0) is 67.8 Å². The van der Waals surface area contributed by atoms with Gasteiger partial charge in [0.05, 0.1) is 28.2 Å². The average molecular weight is 482 g/mol. The lowest BCUT2D eigenvalue weighted by Crippen LogP contribution is -2.00. The van der Waals surface area contributed by atoms with E-state index in [9.17, 15) is 4.39 Å². The summed E-state index contributed by atoms with van der Waals surface area (Å²) in [6, 6.07) is 16.9. The second-order valence-corrected chi connectivity index (χ2v) is 9.75. The summed E-state index contributed by atoms with van der Waals surface area (Å²) < 4.78 is 19.0. The van der Waals surface area contributed by atoms with Gasteiger partial charge in [0.15, 0.2) is 10.9 Å². The van der Waals surface area contributed by atoms with E-state index >= 15 is 0 Å². The Kier molecular flexibility index (Phi) is 8.66. The fourth-order valence-corrected chi connectivity index (χ4v) is 5.42. The van der Waals surface area contributed by atoms with Gasteiger partial charge in [-0.15, -0.1) is 11.8 Å². The fourth-order valence-electron chi connectivity index (χ4n) is 3.56. The molecule has 0 saturated heterocycles. The molecule has 0 radical (unpaired) electrons. The number of benzene rings is 2. The number of H-pyrrole nitrogens is 1. The van der Waals surface area contributed by atoms with Crippen molar-refractivity contribution in [2.75, 3.05) is 12.4 Å². The fraction of sp³-hybridized carbons (Fsp3) is 0.308. The van der Waals surface area contributed by atoms with Crippen LogP contribution in [0.4, 0.5) is 4.39 Å². The van der Waals surface area contributed by atoms with Crippen molar-refractivity contribution in [3.05, 3.63) is 77.9 Å². The minimum atomic E-state index is -0.173. The van der Waals surface area contributed by atoms with Crippen molar-refractivity contribution in [1.29, 1.82) is 0 Å². The molecule has 0 unspecified atom stereocenters. The van der Waals surface area contributed by atoms with E-state index in [-0.39, 0.29) is 5.82 Å². The summed E-state index contributed by atoms with van der Waals surface area (Å²) in [5.41, 5.74) is 4.16. The maximum atomic E-state index is 13.0. The molecule has 2 aromatic carbocycles. The number of para-hydroxylation sites is 2. The first-order valence-electron chi connectivity index (χ1n) is 11.3. The van der Waals surface area contributed by atoms with Gasteiger partial charge >= 0.3 is 0 Å². The van der Waals surface area contributed by atoms with Gasteiger partial charge in [0, 0.05) is 11.9 Å². The quantitative estimate of drug-likeness (QED) is 0.170. The number of imidazole rings is 1. The Labute approximate surface area is 202 Å². The Morgan fingerprint density at radius 1 is 0.970 bits per heavy atom. The Bertz CT molecular complexity index is 1130. The molecular formula is C26H28FN3OS2. The van der Waals surface area contributed by atoms with E-state index in [1.165, 1.54) is 17.7 Å². The minimum Gasteiger partial charge on any atom is -0.491 e. The SMILES string of the molecule is CCOc1c(SCCCCCc2ccc(F)cc2)ccnc1CSc1nc2ccccc2[nH]1. The van der Waals surface area contributed by atoms with Gasteiger partial charge in [0.25, 0.3) is 0 Å². The first kappa shape index (κ1) is 23.6. The molecule has 0 atom stereocenters. The summed E-state index contributed by atoms with van der Waals surface area (Å²) in [4.78, 5) is 13.7. The van der Waals surface area contributed by atoms with Gasteiger partial charge in [-0.25, -0.2) is 9.37 Å². The van der Waals surface area contributed by atoms with Crippen LogP contribution in [0.1, 0.15) is 37.4 Å². The summed E-state index contributed by atoms with van der Waals surface area (Å²) in [6.45, 7) is 2.62. The van der Waals surface area contributed by atoms with Crippen LogP contribution >= 0.6 is 23.5 Å². The number of halogens is 1. The van der Waals surface area contributed by atoms with Gasteiger partial charge in [-0.2, -0.15) is 0 Å². The summed E-state index contributed by atoms with van der Waals surface area (Å²) >= 11 is 3.47. The Balaban J connectivity index is 1.29. The molecule has 0 amide bonds. The number of aryl methyl sites for hydroxylation is 1. The van der Waals surface area contributed by atoms with Gasteiger partial charge < -0.3 is 9.72 Å². The molecule has 7 heteroatoms. The highest BCUT2D eigenvalue weighted by atomic mass is 32.2. The van der Waals surface area contributed by atoms with Crippen LogP contribution in [-0.2, 0) is 12.2 Å². The normalized spacial score (nSPS) is 11.2. The summed E-state index contributed by atoms with van der Waals surface area (Å²) in [7, 11) is 0. The maximum Gasteiger partial charge on any atom is 0.166 e. The van der Waals surface area contributed by atoms with E-state index in [1.54, 1.807) is 11.8 Å². The summed E-state index contributed by atoms with van der Waals surface area (Å²) in [6.07, 6.45) is 6.25. The number of unbranched alkanes of at least 4 members (excludes halogenated alkanes) is 2. The molecular weight excluding hydrogens is 453 g/mol. The highest BCUT2D eigenvalue weighted by Crippen LogP contribution is 2.35. The lowest BCUT2D eigenvalue weighted by molar-refractivity contribution is 0.327. The van der Waals surface area contributed by atoms with Crippen LogP contribution in [-0.4, -0.2) is 27.3 Å². The molecule has 0 saturated carbocycles. The van der Waals surface area contributed by atoms with Crippen LogP contribution in [0.2, 0.25) is 0 Å². The number of thioether (sulfide) groups is 2. The van der Waals surface area contributed by atoms with E-state index in [4.69, 9.17) is 4.74 Å². The number of rotatable bonds is 12. The predicted octanol–water partition coefficient (Wildman–Crippen LogP) is 7.29. The van der Waals surface area contributed by atoms with Crippen molar-refractivity contribution in [2.24, 2.45) is 0 Å². The first-order chi connectivity index (χ1) is 16.2. The number of nitrogens with one attached hydrogen (secondary N) is 1. The number of nitrogens with zero attached hydrogens (tertiary/aromatic N) is 2. The van der Waals surface area contributed by atoms with Crippen molar-refractivity contribution < 1.29 is 9.13 Å². The van der Waals surface area contributed by atoms with Crippen molar-refractivity contribution in [1.82, 2.24) is 15.0 Å². The molecule has 1 N–H and O–H groups in total. The van der Waals surface area contributed by atoms with Gasteiger partial charge in [0.2, 0.25) is 0 Å². The van der Waals surface area contributed by atoms with Crippen LogP contribution in [0.3, 0.4) is 0 Å². The molecule has 33 heavy (non-hydrogen) atoms. The molecule has 2 heterocycles. The van der Waals surface area contributed by atoms with Crippen LogP contribution in [0.15, 0.2) is 70.8 Å². The predicted molar refractivity (Wildman–Crippen MR) is 136 cm³/mol. The molecule has 0 aliphatic rings. The molecule has 4 rings (SSSR count). The maximum absolute atomic E-state index is 13.0. The lowest BCUT2D eigenvalue weighted by Gasteiger charge is -2.13. The second-order valence-electron chi connectivity index (χ2n) is 7.65. The standard InChI is InChI=1S/C26H28FN3OS2/c1-2-31-25-23(18-33-26-29-21-9-5-6-10-22(21)30-26)28-16-15-24(25)32-17-7-3-4-8-19-11-13-20(27)14-12-19/h5-6,9-16H,2-4,7-8,17-18H2,1H3,(H,29,30). The van der Waals surface area contributed by atoms with Gasteiger partial charge in [0.1, 0.15) is 5.82 Å². The molecule has 0 aliphatic heterocycles. The van der Waals surface area contributed by atoms with Crippen molar-refractivity contribution >= 4 is 34.6 Å². The Morgan fingerprint density at radius 3 is 2.64 bits per heavy atom. The number of hydrogen-bond acceptors (Lipinski definition) is 5. The number of pyridine rings is 1. The van der Waals surface area contributed by atoms with Crippen LogP contribution in [0, 0.1) is 5.82 Å². The number of aromatic amines is 1. The molecule has 0 fully saturated rings. The third-order valence-corrected chi connectivity index (χ3v) is 7.23. The second kappa shape index (κ2) is 12.1. The van der Waals surface area contributed by atoms with Crippen molar-refractivity contribution in [3.8, 4) is 5.75 Å². The summed E-state index contributed by atoms with van der Waals surface area (Å²) in [5.74, 6) is 2.44.